The molecule has 0 fully saturated rings. The number of phenols is 1. The van der Waals surface area contributed by atoms with Gasteiger partial charge in [0.15, 0.2) is 5.65 Å². The second-order valence-electron chi connectivity index (χ2n) is 8.54. The van der Waals surface area contributed by atoms with Gasteiger partial charge in [-0.05, 0) is 48.0 Å². The van der Waals surface area contributed by atoms with Crippen molar-refractivity contribution in [1.82, 2.24) is 29.3 Å². The highest BCUT2D eigenvalue weighted by molar-refractivity contribution is 6.31. The summed E-state index contributed by atoms with van der Waals surface area (Å²) in [6.45, 7) is 0.391. The van der Waals surface area contributed by atoms with E-state index in [1.165, 1.54) is 6.33 Å². The second-order valence-corrected chi connectivity index (χ2v) is 8.95. The largest absolute Gasteiger partial charge is 0.508 e. The molecule has 0 aliphatic rings. The highest BCUT2D eigenvalue weighted by Gasteiger charge is 2.20. The van der Waals surface area contributed by atoms with Gasteiger partial charge in [0.25, 0.3) is 5.56 Å². The monoisotopic (exact) mass is 509 g/mol. The van der Waals surface area contributed by atoms with Gasteiger partial charge in [0.05, 0.1) is 22.8 Å². The second kappa shape index (κ2) is 9.03. The molecule has 37 heavy (non-hydrogen) atoms. The molecule has 0 radical (unpaired) electrons. The average molecular weight is 510 g/mol. The Labute approximate surface area is 215 Å². The molecule has 0 aliphatic carbocycles. The normalized spacial score (nSPS) is 11.4. The fourth-order valence-corrected chi connectivity index (χ4v) is 4.59. The maximum atomic E-state index is 13.6. The Morgan fingerprint density at radius 3 is 2.49 bits per heavy atom. The summed E-state index contributed by atoms with van der Waals surface area (Å²) < 4.78 is 3.27. The standard InChI is InChI=1S/C27H20ClN7O2/c28-20-7-3-1-5-17(20)13-34-22(32-21-8-4-2-6-19(21)27(34)37)14-35-26-23(25(29)30-15-31-26)24(33-35)16-9-11-18(36)12-10-16/h1-12,15,36H,13-14H2,(H2,29,30,31). The van der Waals surface area contributed by atoms with Crippen molar-refractivity contribution in [1.29, 1.82) is 0 Å². The van der Waals surface area contributed by atoms with E-state index in [4.69, 9.17) is 27.4 Å². The highest BCUT2D eigenvalue weighted by atomic mass is 35.5. The minimum atomic E-state index is -0.176. The number of aromatic hydroxyl groups is 1. The van der Waals surface area contributed by atoms with Crippen LogP contribution in [0.5, 0.6) is 5.75 Å². The third-order valence-electron chi connectivity index (χ3n) is 6.22. The first kappa shape index (κ1) is 22.7. The van der Waals surface area contributed by atoms with E-state index >= 15 is 0 Å². The molecule has 6 rings (SSSR count). The van der Waals surface area contributed by atoms with Crippen molar-refractivity contribution in [3.63, 3.8) is 0 Å². The van der Waals surface area contributed by atoms with Crippen LogP contribution in [0.3, 0.4) is 0 Å². The van der Waals surface area contributed by atoms with E-state index in [1.54, 1.807) is 45.6 Å². The van der Waals surface area contributed by atoms with Gasteiger partial charge in [0, 0.05) is 10.6 Å². The van der Waals surface area contributed by atoms with E-state index in [0.29, 0.717) is 38.5 Å². The molecule has 6 aromatic rings. The summed E-state index contributed by atoms with van der Waals surface area (Å²) in [5.41, 5.74) is 9.25. The average Bonchev–Trinajstić information content (AvgIpc) is 3.27. The fourth-order valence-electron chi connectivity index (χ4n) is 4.39. The van der Waals surface area contributed by atoms with Gasteiger partial charge in [0.2, 0.25) is 0 Å². The fraction of sp³-hybridized carbons (Fsp3) is 0.0741. The van der Waals surface area contributed by atoms with Crippen LogP contribution in [0, 0.1) is 0 Å². The summed E-state index contributed by atoms with van der Waals surface area (Å²) in [6.07, 6.45) is 1.38. The van der Waals surface area contributed by atoms with Crippen LogP contribution in [0.1, 0.15) is 11.4 Å². The molecule has 3 aromatic carbocycles. The summed E-state index contributed by atoms with van der Waals surface area (Å²) in [7, 11) is 0. The zero-order valence-electron chi connectivity index (χ0n) is 19.4. The number of hydrogen-bond acceptors (Lipinski definition) is 7. The Balaban J connectivity index is 1.54. The van der Waals surface area contributed by atoms with Gasteiger partial charge in [-0.25, -0.2) is 19.6 Å². The smallest absolute Gasteiger partial charge is 0.261 e. The third kappa shape index (κ3) is 4.05. The van der Waals surface area contributed by atoms with E-state index in [0.717, 1.165) is 11.1 Å². The summed E-state index contributed by atoms with van der Waals surface area (Å²) >= 11 is 6.43. The Morgan fingerprint density at radius 1 is 0.919 bits per heavy atom. The van der Waals surface area contributed by atoms with Gasteiger partial charge in [-0.3, -0.25) is 9.36 Å². The Morgan fingerprint density at radius 2 is 1.68 bits per heavy atom. The number of anilines is 1. The molecule has 10 heteroatoms. The first-order chi connectivity index (χ1) is 18.0. The molecular formula is C27H20ClN7O2. The lowest BCUT2D eigenvalue weighted by molar-refractivity contribution is 0.475. The number of rotatable bonds is 5. The summed E-state index contributed by atoms with van der Waals surface area (Å²) in [4.78, 5) is 27.0. The molecule has 0 unspecified atom stereocenters. The predicted octanol–water partition coefficient (Wildman–Crippen LogP) is 4.24. The summed E-state index contributed by atoms with van der Waals surface area (Å²) in [5.74, 6) is 0.905. The lowest BCUT2D eigenvalue weighted by Gasteiger charge is -2.15. The van der Waals surface area contributed by atoms with E-state index < -0.39 is 0 Å². The molecule has 0 atom stereocenters. The van der Waals surface area contributed by atoms with E-state index in [-0.39, 0.29) is 30.2 Å². The van der Waals surface area contributed by atoms with Crippen molar-refractivity contribution in [2.45, 2.75) is 13.1 Å². The first-order valence-electron chi connectivity index (χ1n) is 11.5. The molecule has 3 aromatic heterocycles. The van der Waals surface area contributed by atoms with Crippen molar-refractivity contribution >= 4 is 39.4 Å². The number of nitrogens with zero attached hydrogens (tertiary/aromatic N) is 6. The molecule has 0 saturated carbocycles. The number of aromatic nitrogens is 6. The van der Waals surface area contributed by atoms with Crippen LogP contribution in [-0.2, 0) is 13.1 Å². The molecular weight excluding hydrogens is 490 g/mol. The van der Waals surface area contributed by atoms with Crippen molar-refractivity contribution in [2.75, 3.05) is 5.73 Å². The molecule has 3 N–H and O–H groups in total. The highest BCUT2D eigenvalue weighted by Crippen LogP contribution is 2.31. The molecule has 0 saturated heterocycles. The van der Waals surface area contributed by atoms with Crippen LogP contribution in [0.4, 0.5) is 5.82 Å². The maximum Gasteiger partial charge on any atom is 0.261 e. The molecule has 182 valence electrons. The lowest BCUT2D eigenvalue weighted by Crippen LogP contribution is -2.27. The summed E-state index contributed by atoms with van der Waals surface area (Å²) in [6, 6.07) is 21.3. The van der Waals surface area contributed by atoms with Crippen molar-refractivity contribution in [3.8, 4) is 17.0 Å². The number of fused-ring (bicyclic) bond motifs is 2. The molecule has 9 nitrogen and oxygen atoms in total. The van der Waals surface area contributed by atoms with Crippen LogP contribution in [-0.4, -0.2) is 34.4 Å². The molecule has 0 bridgehead atoms. The van der Waals surface area contributed by atoms with Crippen molar-refractivity contribution in [2.24, 2.45) is 0 Å². The zero-order valence-corrected chi connectivity index (χ0v) is 20.2. The third-order valence-corrected chi connectivity index (χ3v) is 6.59. The Hall–Kier alpha value is -4.76. The van der Waals surface area contributed by atoms with E-state index in [9.17, 15) is 9.90 Å². The quantitative estimate of drug-likeness (QED) is 0.356. The van der Waals surface area contributed by atoms with Gasteiger partial charge in [0.1, 0.15) is 36.0 Å². The van der Waals surface area contributed by atoms with Gasteiger partial charge < -0.3 is 10.8 Å². The van der Waals surface area contributed by atoms with Crippen LogP contribution in [0.15, 0.2) is 83.9 Å². The SMILES string of the molecule is Nc1ncnc2c1c(-c1ccc(O)cc1)nn2Cc1nc2ccccc2c(=O)n1Cc1ccccc1Cl. The van der Waals surface area contributed by atoms with Gasteiger partial charge in [-0.1, -0.05) is 41.9 Å². The molecule has 0 aliphatic heterocycles. The topological polar surface area (TPSA) is 125 Å². The number of phenolic OH excluding ortho intramolecular Hbond substituents is 1. The number of nitrogens with two attached hydrogens (primary N) is 1. The zero-order chi connectivity index (χ0) is 25.5. The number of hydrogen-bond donors (Lipinski definition) is 2. The van der Waals surface area contributed by atoms with Crippen molar-refractivity contribution < 1.29 is 5.11 Å². The Kier molecular flexibility index (Phi) is 5.54. The maximum absolute atomic E-state index is 13.6. The molecule has 0 amide bonds. The van der Waals surface area contributed by atoms with Crippen LogP contribution in [0.25, 0.3) is 33.2 Å². The molecule has 0 spiro atoms. The Bertz CT molecular complexity index is 1840. The van der Waals surface area contributed by atoms with E-state index in [1.807, 2.05) is 36.4 Å². The number of halogens is 1. The number of para-hydroxylation sites is 1. The lowest BCUT2D eigenvalue weighted by atomic mass is 10.1. The number of nitrogen functional groups attached to an aromatic ring is 1. The van der Waals surface area contributed by atoms with Crippen LogP contribution in [0.2, 0.25) is 5.02 Å². The van der Waals surface area contributed by atoms with Gasteiger partial charge >= 0.3 is 0 Å². The first-order valence-corrected chi connectivity index (χ1v) is 11.9. The number of benzene rings is 3. The predicted molar refractivity (Wildman–Crippen MR) is 142 cm³/mol. The van der Waals surface area contributed by atoms with Gasteiger partial charge in [-0.2, -0.15) is 5.10 Å². The van der Waals surface area contributed by atoms with Crippen LogP contribution < -0.4 is 11.3 Å². The van der Waals surface area contributed by atoms with E-state index in [2.05, 4.69) is 9.97 Å². The summed E-state index contributed by atoms with van der Waals surface area (Å²) in [5, 5.41) is 16.2. The molecule has 3 heterocycles. The van der Waals surface area contributed by atoms with Crippen molar-refractivity contribution in [3.05, 3.63) is 106 Å². The van der Waals surface area contributed by atoms with Gasteiger partial charge in [-0.15, -0.1) is 0 Å². The minimum Gasteiger partial charge on any atom is -0.508 e. The minimum absolute atomic E-state index is 0.140. The van der Waals surface area contributed by atoms with Crippen LogP contribution >= 0.6 is 11.6 Å².